The summed E-state index contributed by atoms with van der Waals surface area (Å²) in [5, 5.41) is 8.63. The van der Waals surface area contributed by atoms with Crippen LogP contribution in [-0.4, -0.2) is 5.11 Å². The monoisotopic (exact) mass is 439 g/mol. The maximum Gasteiger partial charge on any atom is 0.115 e. The van der Waals surface area contributed by atoms with Crippen molar-refractivity contribution in [1.29, 1.82) is 0 Å². The van der Waals surface area contributed by atoms with Crippen LogP contribution >= 0.6 is 0 Å². The van der Waals surface area contributed by atoms with Crippen molar-refractivity contribution in [3.8, 4) is 5.75 Å². The maximum atomic E-state index is 8.63. The molecule has 0 amide bonds. The average Bonchev–Trinajstić information content (AvgIpc) is 3.09. The number of hydrogen-bond donors (Lipinski definition) is 1. The van der Waals surface area contributed by atoms with E-state index in [4.69, 9.17) is 5.11 Å². The minimum absolute atomic E-state index is 0. The van der Waals surface area contributed by atoms with Gasteiger partial charge in [0.15, 0.2) is 0 Å². The van der Waals surface area contributed by atoms with Crippen molar-refractivity contribution in [3.05, 3.63) is 91.0 Å². The van der Waals surface area contributed by atoms with Crippen molar-refractivity contribution >= 4 is 0 Å². The van der Waals surface area contributed by atoms with Gasteiger partial charge in [0.25, 0.3) is 0 Å². The summed E-state index contributed by atoms with van der Waals surface area (Å²) < 4.78 is 0. The Morgan fingerprint density at radius 2 is 1.00 bits per heavy atom. The van der Waals surface area contributed by atoms with Crippen LogP contribution in [0, 0.1) is 0 Å². The second-order valence-electron chi connectivity index (χ2n) is 3.26. The van der Waals surface area contributed by atoms with Gasteiger partial charge in [-0.15, -0.1) is 0 Å². The van der Waals surface area contributed by atoms with Crippen LogP contribution < -0.4 is 12.4 Å². The van der Waals surface area contributed by atoms with Crippen molar-refractivity contribution in [3.63, 3.8) is 0 Å². The van der Waals surface area contributed by atoms with Gasteiger partial charge in [0.1, 0.15) is 5.75 Å². The SMILES string of the molecule is Oc1ccccc1.[Cl-].[Hf].c1cc[cH-]c1.c1cc[cH-]c1. The number of benzene rings is 1. The second-order valence-corrected chi connectivity index (χ2v) is 3.26. The van der Waals surface area contributed by atoms with E-state index in [9.17, 15) is 0 Å². The number of phenols is 1. The summed E-state index contributed by atoms with van der Waals surface area (Å²) in [6.07, 6.45) is 0. The van der Waals surface area contributed by atoms with Crippen LogP contribution in [0.4, 0.5) is 0 Å². The summed E-state index contributed by atoms with van der Waals surface area (Å²) in [4.78, 5) is 0. The van der Waals surface area contributed by atoms with E-state index in [0.717, 1.165) is 0 Å². The number of halogens is 1. The summed E-state index contributed by atoms with van der Waals surface area (Å²) in [5.74, 6) is 0.322. The van der Waals surface area contributed by atoms with Crippen molar-refractivity contribution in [2.45, 2.75) is 0 Å². The Labute approximate surface area is 139 Å². The van der Waals surface area contributed by atoms with Crippen LogP contribution in [0.25, 0.3) is 0 Å². The third-order valence-corrected chi connectivity index (χ3v) is 1.87. The first-order chi connectivity index (χ1) is 8.39. The van der Waals surface area contributed by atoms with Crippen LogP contribution in [0.2, 0.25) is 0 Å². The van der Waals surface area contributed by atoms with Gasteiger partial charge < -0.3 is 17.5 Å². The quantitative estimate of drug-likeness (QED) is 0.414. The predicted molar refractivity (Wildman–Crippen MR) is 72.2 cm³/mol. The third kappa shape index (κ3) is 13.1. The number of phenolic OH excluding ortho intramolecular Hbond substituents is 1. The van der Waals surface area contributed by atoms with Crippen LogP contribution in [0.1, 0.15) is 0 Å². The van der Waals surface area contributed by atoms with Crippen molar-refractivity contribution in [1.82, 2.24) is 0 Å². The molecule has 3 aromatic carbocycles. The number of para-hydroxylation sites is 1. The first-order valence-electron chi connectivity index (χ1n) is 5.47. The van der Waals surface area contributed by atoms with Gasteiger partial charge >= 0.3 is 0 Å². The van der Waals surface area contributed by atoms with Crippen LogP contribution in [0.15, 0.2) is 91.0 Å². The van der Waals surface area contributed by atoms with E-state index in [1.807, 2.05) is 66.7 Å². The molecule has 3 aromatic rings. The Morgan fingerprint density at radius 3 is 1.16 bits per heavy atom. The predicted octanol–water partition coefficient (Wildman–Crippen LogP) is 1.20. The molecule has 0 heterocycles. The molecular weight excluding hydrogens is 422 g/mol. The zero-order chi connectivity index (χ0) is 12.2. The van der Waals surface area contributed by atoms with Crippen LogP contribution in [-0.2, 0) is 25.8 Å². The van der Waals surface area contributed by atoms with E-state index in [1.165, 1.54) is 0 Å². The molecule has 0 bridgehead atoms. The van der Waals surface area contributed by atoms with E-state index in [2.05, 4.69) is 0 Å². The molecule has 19 heavy (non-hydrogen) atoms. The Bertz CT molecular complexity index is 374. The van der Waals surface area contributed by atoms with Crippen molar-refractivity contribution < 1.29 is 43.4 Å². The molecule has 1 N–H and O–H groups in total. The van der Waals surface area contributed by atoms with E-state index >= 15 is 0 Å². The first kappa shape index (κ1) is 20.2. The topological polar surface area (TPSA) is 20.2 Å². The standard InChI is InChI=1S/C6H6O.2C5H5.ClH.Hf/c7-6-4-2-1-3-5-6;2*1-2-4-5-3-1;;/h1-5,7H;2*1-5H;1H;/q;2*-1;;/p-1. The smallest absolute Gasteiger partial charge is 0.115 e. The number of aromatic hydroxyl groups is 1. The minimum Gasteiger partial charge on any atom is -1.00 e. The Kier molecular flexibility index (Phi) is 15.9. The molecule has 0 fully saturated rings. The zero-order valence-corrected chi connectivity index (χ0v) is 14.8. The summed E-state index contributed by atoms with van der Waals surface area (Å²) in [5.41, 5.74) is 0. The van der Waals surface area contributed by atoms with Crippen molar-refractivity contribution in [2.75, 3.05) is 0 Å². The fourth-order valence-electron chi connectivity index (χ4n) is 1.07. The van der Waals surface area contributed by atoms with Gasteiger partial charge in [-0.1, -0.05) is 18.2 Å². The molecule has 0 spiro atoms. The molecule has 1 nitrogen and oxygen atoms in total. The average molecular weight is 438 g/mol. The van der Waals surface area contributed by atoms with E-state index in [1.54, 1.807) is 24.3 Å². The van der Waals surface area contributed by atoms with E-state index in [-0.39, 0.29) is 38.3 Å². The zero-order valence-electron chi connectivity index (χ0n) is 10.5. The largest absolute Gasteiger partial charge is 1.00 e. The van der Waals surface area contributed by atoms with Gasteiger partial charge in [-0.05, 0) is 12.1 Å². The molecule has 0 unspecified atom stereocenters. The Morgan fingerprint density at radius 1 is 0.632 bits per heavy atom. The molecule has 0 aliphatic carbocycles. The number of rotatable bonds is 0. The van der Waals surface area contributed by atoms with E-state index < -0.39 is 0 Å². The Hall–Kier alpha value is -1.12. The molecule has 0 aliphatic heterocycles. The fraction of sp³-hybridized carbons (Fsp3) is 0. The van der Waals surface area contributed by atoms with Crippen LogP contribution in [0.3, 0.4) is 0 Å². The molecule has 0 aromatic heterocycles. The minimum atomic E-state index is 0. The first-order valence-corrected chi connectivity index (χ1v) is 5.47. The van der Waals surface area contributed by atoms with Gasteiger partial charge in [0.05, 0.1) is 0 Å². The molecule has 100 valence electrons. The van der Waals surface area contributed by atoms with Crippen LogP contribution in [0.5, 0.6) is 5.75 Å². The van der Waals surface area contributed by atoms with Gasteiger partial charge in [0, 0.05) is 25.8 Å². The summed E-state index contributed by atoms with van der Waals surface area (Å²) >= 11 is 0. The second kappa shape index (κ2) is 14.9. The molecule has 3 heteroatoms. The summed E-state index contributed by atoms with van der Waals surface area (Å²) in [6, 6.07) is 28.7. The molecule has 0 saturated carbocycles. The Balaban J connectivity index is 0. The summed E-state index contributed by atoms with van der Waals surface area (Å²) in [6.45, 7) is 0. The maximum absolute atomic E-state index is 8.63. The van der Waals surface area contributed by atoms with Crippen molar-refractivity contribution in [2.24, 2.45) is 0 Å². The molecule has 0 atom stereocenters. The molecule has 3 rings (SSSR count). The van der Waals surface area contributed by atoms with E-state index in [0.29, 0.717) is 5.75 Å². The molecule has 0 aliphatic rings. The third-order valence-electron chi connectivity index (χ3n) is 1.87. The van der Waals surface area contributed by atoms with Gasteiger partial charge in [-0.2, -0.15) is 36.4 Å². The number of hydrogen-bond acceptors (Lipinski definition) is 1. The summed E-state index contributed by atoms with van der Waals surface area (Å²) in [7, 11) is 0. The normalized spacial score (nSPS) is 7.37. The molecule has 0 radical (unpaired) electrons. The van der Waals surface area contributed by atoms with Gasteiger partial charge in [-0.3, -0.25) is 0 Å². The fourth-order valence-corrected chi connectivity index (χ4v) is 1.07. The molecular formula is C16H16ClHfO-3. The molecule has 0 saturated heterocycles. The van der Waals surface area contributed by atoms with Gasteiger partial charge in [0.2, 0.25) is 0 Å². The van der Waals surface area contributed by atoms with Gasteiger partial charge in [-0.25, -0.2) is 24.3 Å².